The van der Waals surface area contributed by atoms with E-state index in [9.17, 15) is 0 Å². The zero-order valence-corrected chi connectivity index (χ0v) is 24.6. The third kappa shape index (κ3) is 3.81. The van der Waals surface area contributed by atoms with Crippen molar-refractivity contribution in [3.8, 4) is 22.6 Å². The molecule has 2 aliphatic heterocycles. The van der Waals surface area contributed by atoms with Gasteiger partial charge in [0.15, 0.2) is 11.5 Å². The van der Waals surface area contributed by atoms with Crippen molar-refractivity contribution in [2.75, 3.05) is 9.80 Å². The molecule has 6 aromatic carbocycles. The smallest absolute Gasteiger partial charge is 0.175 e. The van der Waals surface area contributed by atoms with Gasteiger partial charge in [0, 0.05) is 16.8 Å². The van der Waals surface area contributed by atoms with Crippen molar-refractivity contribution in [3.05, 3.63) is 156 Å². The summed E-state index contributed by atoms with van der Waals surface area (Å²) >= 11 is 0. The zero-order valence-electron chi connectivity index (χ0n) is 24.6. The summed E-state index contributed by atoms with van der Waals surface area (Å²) in [5, 5.41) is 0. The van der Waals surface area contributed by atoms with Crippen molar-refractivity contribution in [2.45, 2.75) is 26.2 Å². The lowest BCUT2D eigenvalue weighted by molar-refractivity contribution is 0.472. The molecule has 0 saturated heterocycles. The highest BCUT2D eigenvalue weighted by Crippen LogP contribution is 2.63. The van der Waals surface area contributed by atoms with Crippen LogP contribution in [0.1, 0.15) is 30.5 Å². The van der Waals surface area contributed by atoms with Crippen molar-refractivity contribution in [2.24, 2.45) is 0 Å². The summed E-state index contributed by atoms with van der Waals surface area (Å²) in [5.74, 6) is 1.73. The third-order valence-electron chi connectivity index (χ3n) is 9.01. The predicted molar refractivity (Wildman–Crippen MR) is 178 cm³/mol. The monoisotopic (exact) mass is 556 g/mol. The first-order chi connectivity index (χ1) is 21.0. The number of benzene rings is 6. The predicted octanol–water partition coefficient (Wildman–Crippen LogP) is 11.3. The van der Waals surface area contributed by atoms with Crippen molar-refractivity contribution < 1.29 is 4.74 Å². The van der Waals surface area contributed by atoms with E-state index >= 15 is 0 Å². The average molecular weight is 557 g/mol. The van der Waals surface area contributed by atoms with Gasteiger partial charge in [-0.15, -0.1) is 0 Å². The molecule has 0 atom stereocenters. The lowest BCUT2D eigenvalue weighted by Crippen LogP contribution is -2.33. The third-order valence-corrected chi connectivity index (χ3v) is 9.01. The molecule has 0 unspecified atom stereocenters. The summed E-state index contributed by atoms with van der Waals surface area (Å²) < 4.78 is 7.08. The van der Waals surface area contributed by atoms with Crippen LogP contribution in [0, 0.1) is 6.92 Å². The highest BCUT2D eigenvalue weighted by Gasteiger charge is 2.43. The van der Waals surface area contributed by atoms with E-state index in [-0.39, 0.29) is 5.41 Å². The van der Waals surface area contributed by atoms with Crippen molar-refractivity contribution >= 4 is 34.1 Å². The summed E-state index contributed by atoms with van der Waals surface area (Å²) in [4.78, 5) is 4.76. The maximum Gasteiger partial charge on any atom is 0.175 e. The molecule has 208 valence electrons. The molecule has 0 bridgehead atoms. The van der Waals surface area contributed by atoms with Crippen LogP contribution in [0.5, 0.6) is 11.5 Å². The number of ether oxygens (including phenoxy) is 1. The fourth-order valence-corrected chi connectivity index (χ4v) is 6.92. The molecule has 3 heteroatoms. The van der Waals surface area contributed by atoms with Crippen LogP contribution in [0.25, 0.3) is 11.1 Å². The fourth-order valence-electron chi connectivity index (χ4n) is 6.92. The Bertz CT molecular complexity index is 1940. The number of nitrogens with zero attached hydrogens (tertiary/aromatic N) is 2. The molecule has 0 aromatic heterocycles. The van der Waals surface area contributed by atoms with Gasteiger partial charge in [0.25, 0.3) is 0 Å². The van der Waals surface area contributed by atoms with E-state index in [2.05, 4.69) is 170 Å². The van der Waals surface area contributed by atoms with Gasteiger partial charge in [0.2, 0.25) is 0 Å². The number of para-hydroxylation sites is 3. The summed E-state index contributed by atoms with van der Waals surface area (Å²) in [6, 6.07) is 49.4. The van der Waals surface area contributed by atoms with Gasteiger partial charge in [-0.3, -0.25) is 0 Å². The van der Waals surface area contributed by atoms with Crippen molar-refractivity contribution in [3.63, 3.8) is 0 Å². The molecule has 0 aliphatic carbocycles. The molecule has 8 rings (SSSR count). The van der Waals surface area contributed by atoms with Crippen LogP contribution >= 0.6 is 0 Å². The van der Waals surface area contributed by atoms with Crippen molar-refractivity contribution in [1.29, 1.82) is 0 Å². The van der Waals surface area contributed by atoms with Gasteiger partial charge >= 0.3 is 0 Å². The number of anilines is 6. The normalized spacial score (nSPS) is 13.8. The molecule has 2 heterocycles. The largest absolute Gasteiger partial charge is 0.451 e. The Morgan fingerprint density at radius 2 is 1.19 bits per heavy atom. The Kier molecular flexibility index (Phi) is 5.70. The Balaban J connectivity index is 1.44. The minimum Gasteiger partial charge on any atom is -0.451 e. The van der Waals surface area contributed by atoms with Gasteiger partial charge in [-0.1, -0.05) is 111 Å². The molecule has 0 saturated carbocycles. The van der Waals surface area contributed by atoms with Crippen LogP contribution in [0.4, 0.5) is 34.1 Å². The molecule has 0 amide bonds. The van der Waals surface area contributed by atoms with Crippen molar-refractivity contribution in [1.82, 2.24) is 0 Å². The van der Waals surface area contributed by atoms with Crippen LogP contribution in [-0.2, 0) is 5.41 Å². The number of hydrogen-bond donors (Lipinski definition) is 0. The van der Waals surface area contributed by atoms with Gasteiger partial charge in [-0.2, -0.15) is 0 Å². The van der Waals surface area contributed by atoms with Gasteiger partial charge in [-0.05, 0) is 77.2 Å². The minimum atomic E-state index is -0.216. The fraction of sp³-hybridized carbons (Fsp3) is 0.100. The summed E-state index contributed by atoms with van der Waals surface area (Å²) in [6.07, 6.45) is 0. The number of hydrogen-bond acceptors (Lipinski definition) is 3. The summed E-state index contributed by atoms with van der Waals surface area (Å²) in [6.45, 7) is 6.88. The highest BCUT2D eigenvalue weighted by atomic mass is 16.5. The number of rotatable bonds is 4. The van der Waals surface area contributed by atoms with Gasteiger partial charge in [0.1, 0.15) is 0 Å². The topological polar surface area (TPSA) is 15.7 Å². The molecular formula is C40H32N2O. The van der Waals surface area contributed by atoms with Gasteiger partial charge in [-0.25, -0.2) is 0 Å². The zero-order chi connectivity index (χ0) is 29.1. The lowest BCUT2D eigenvalue weighted by atomic mass is 9.73. The maximum atomic E-state index is 7.08. The molecule has 0 spiro atoms. The highest BCUT2D eigenvalue weighted by molar-refractivity contribution is 6.00. The first-order valence-corrected chi connectivity index (χ1v) is 14.9. The average Bonchev–Trinajstić information content (AvgIpc) is 3.05. The Hall–Kier alpha value is -5.28. The molecule has 2 aliphatic rings. The summed E-state index contributed by atoms with van der Waals surface area (Å²) in [7, 11) is 0. The second-order valence-corrected chi connectivity index (χ2v) is 11.8. The summed E-state index contributed by atoms with van der Waals surface area (Å²) in [5.41, 5.74) is 12.5. The van der Waals surface area contributed by atoms with E-state index in [0.29, 0.717) is 0 Å². The molecule has 0 fully saturated rings. The Labute approximate surface area is 253 Å². The molecule has 6 aromatic rings. The second-order valence-electron chi connectivity index (χ2n) is 11.8. The SMILES string of the molecule is Cc1c(-c2ccccc2)ccc2c1N1c3ccccc3C(C)(C)c3ccc(N(c4ccccc4)c4ccccc4)c(c31)O2. The molecule has 43 heavy (non-hydrogen) atoms. The quantitative estimate of drug-likeness (QED) is 0.214. The van der Waals surface area contributed by atoms with E-state index in [0.717, 1.165) is 39.9 Å². The van der Waals surface area contributed by atoms with Gasteiger partial charge in [0.05, 0.1) is 22.7 Å². The van der Waals surface area contributed by atoms with E-state index in [1.54, 1.807) is 0 Å². The Morgan fingerprint density at radius 3 is 1.86 bits per heavy atom. The molecule has 3 nitrogen and oxygen atoms in total. The minimum absolute atomic E-state index is 0.216. The van der Waals surface area contributed by atoms with Gasteiger partial charge < -0.3 is 14.5 Å². The standard InChI is InChI=1S/C40H32N2O/c1-27-31(28-15-7-4-8-16-28)23-26-36-37(27)42-34-22-14-13-21-32(34)40(2,3)33-24-25-35(39(43-36)38(33)42)41(29-17-9-5-10-18-29)30-19-11-6-12-20-30/h4-26H,1-3H3. The number of fused-ring (bicyclic) bond motifs is 4. The first kappa shape index (κ1) is 25.4. The van der Waals surface area contributed by atoms with Crippen LogP contribution in [0.15, 0.2) is 140 Å². The first-order valence-electron chi connectivity index (χ1n) is 14.9. The van der Waals surface area contributed by atoms with Crippen LogP contribution in [0.2, 0.25) is 0 Å². The molecule has 0 radical (unpaired) electrons. The molecule has 0 N–H and O–H groups in total. The van der Waals surface area contributed by atoms with E-state index in [4.69, 9.17) is 4.74 Å². The lowest BCUT2D eigenvalue weighted by Gasteiger charge is -2.46. The second kappa shape index (κ2) is 9.64. The van der Waals surface area contributed by atoms with E-state index in [1.165, 1.54) is 33.5 Å². The van der Waals surface area contributed by atoms with Crippen LogP contribution in [0.3, 0.4) is 0 Å². The van der Waals surface area contributed by atoms with E-state index < -0.39 is 0 Å². The Morgan fingerprint density at radius 1 is 0.581 bits per heavy atom. The molecular weight excluding hydrogens is 524 g/mol. The maximum absolute atomic E-state index is 7.08. The van der Waals surface area contributed by atoms with Crippen LogP contribution < -0.4 is 14.5 Å². The van der Waals surface area contributed by atoms with Crippen LogP contribution in [-0.4, -0.2) is 0 Å². The van der Waals surface area contributed by atoms with E-state index in [1.807, 2.05) is 0 Å².